The van der Waals surface area contributed by atoms with Gasteiger partial charge in [-0.05, 0) is 53.3 Å². The van der Waals surface area contributed by atoms with E-state index >= 15 is 0 Å². The fraction of sp³-hybridized carbons (Fsp3) is 0.765. The minimum atomic E-state index is -0.982. The third kappa shape index (κ3) is 8.09. The number of nitrogens with one attached hydrogen (secondary N) is 4. The fourth-order valence-electron chi connectivity index (χ4n) is 6.94. The van der Waals surface area contributed by atoms with Crippen LogP contribution < -0.4 is 21.3 Å². The van der Waals surface area contributed by atoms with E-state index in [1.165, 1.54) is 6.08 Å². The van der Waals surface area contributed by atoms with Crippen LogP contribution in [0.15, 0.2) is 12.7 Å². The Morgan fingerprint density at radius 3 is 2.23 bits per heavy atom. The van der Waals surface area contributed by atoms with Gasteiger partial charge in [-0.2, -0.15) is 0 Å². The van der Waals surface area contributed by atoms with Crippen molar-refractivity contribution in [2.24, 2.45) is 34.0 Å². The standard InChI is InChI=1S/C34H54N6O7/c1-10-14-35-28(43)25(41)23(19-12-13-19)37-27(42)24-22-20(34(22,8)9)17-40(24)29(44)26(33(5,6)7)38-30(45)36-21(32(2,3)4)18-39-15-11-16-47-31(39)46/h10,19-24,26H,1,11-18H2,2-9H3,(H,35,43)(H,37,42)(H2,36,38,45)/t20-,21+,22-,23?,24-,26+/m0/s1. The van der Waals surface area contributed by atoms with Gasteiger partial charge in [-0.3, -0.25) is 19.2 Å². The van der Waals surface area contributed by atoms with Crippen molar-refractivity contribution in [3.63, 3.8) is 0 Å². The molecular formula is C34H54N6O7. The van der Waals surface area contributed by atoms with Crippen LogP contribution in [0.2, 0.25) is 0 Å². The molecule has 2 saturated carbocycles. The molecule has 2 aliphatic carbocycles. The van der Waals surface area contributed by atoms with Crippen molar-refractivity contribution >= 4 is 35.6 Å². The van der Waals surface area contributed by atoms with Gasteiger partial charge in [0, 0.05) is 26.2 Å². The molecule has 6 atom stereocenters. The number of piperidine rings is 1. The van der Waals surface area contributed by atoms with Crippen molar-refractivity contribution in [1.82, 2.24) is 31.1 Å². The summed E-state index contributed by atoms with van der Waals surface area (Å²) in [4.78, 5) is 82.9. The topological polar surface area (TPSA) is 166 Å². The SMILES string of the molecule is C=CCNC(=O)C(=O)C(NC(=O)[C@@H]1[C@@H]2[C@H](CN1C(=O)[C@@H](NC(=O)N[C@H](CN1CCCOC1=O)C(C)(C)C)C(C)(C)C)C2(C)C)C1CC1. The van der Waals surface area contributed by atoms with Gasteiger partial charge < -0.3 is 35.8 Å². The highest BCUT2D eigenvalue weighted by molar-refractivity contribution is 6.38. The number of ketones is 1. The van der Waals surface area contributed by atoms with Crippen LogP contribution in [0.3, 0.4) is 0 Å². The summed E-state index contributed by atoms with van der Waals surface area (Å²) in [7, 11) is 0. The molecule has 262 valence electrons. The Morgan fingerprint density at radius 2 is 1.68 bits per heavy atom. The van der Waals surface area contributed by atoms with Crippen LogP contribution in [0.5, 0.6) is 0 Å². The van der Waals surface area contributed by atoms with Crippen LogP contribution in [-0.4, -0.2) is 102 Å². The van der Waals surface area contributed by atoms with Crippen LogP contribution in [0.4, 0.5) is 9.59 Å². The van der Waals surface area contributed by atoms with Crippen molar-refractivity contribution in [2.75, 3.05) is 32.8 Å². The number of urea groups is 1. The summed E-state index contributed by atoms with van der Waals surface area (Å²) in [6.07, 6.45) is 3.20. The summed E-state index contributed by atoms with van der Waals surface area (Å²) < 4.78 is 5.18. The molecule has 1 unspecified atom stereocenters. The van der Waals surface area contributed by atoms with Crippen LogP contribution in [-0.2, 0) is 23.9 Å². The summed E-state index contributed by atoms with van der Waals surface area (Å²) >= 11 is 0. The Balaban J connectivity index is 1.51. The van der Waals surface area contributed by atoms with Gasteiger partial charge in [0.2, 0.25) is 17.6 Å². The molecule has 4 aliphatic rings. The molecule has 0 aromatic rings. The molecule has 4 fully saturated rings. The van der Waals surface area contributed by atoms with Crippen molar-refractivity contribution in [2.45, 2.75) is 98.8 Å². The number of fused-ring (bicyclic) bond motifs is 1. The molecule has 0 radical (unpaired) electrons. The average Bonchev–Trinajstić information content (AvgIpc) is 3.85. The molecule has 2 saturated heterocycles. The number of nitrogens with zero attached hydrogens (tertiary/aromatic N) is 2. The lowest BCUT2D eigenvalue weighted by atomic mass is 9.85. The van der Waals surface area contributed by atoms with Gasteiger partial charge >= 0.3 is 12.1 Å². The summed E-state index contributed by atoms with van der Waals surface area (Å²) in [5.74, 6) is -2.51. The Hall–Kier alpha value is -3.64. The molecule has 47 heavy (non-hydrogen) atoms. The van der Waals surface area contributed by atoms with Crippen LogP contribution in [0, 0.1) is 34.0 Å². The zero-order valence-electron chi connectivity index (χ0n) is 29.2. The molecule has 4 N–H and O–H groups in total. The van der Waals surface area contributed by atoms with Gasteiger partial charge in [0.25, 0.3) is 5.91 Å². The van der Waals surface area contributed by atoms with E-state index in [4.69, 9.17) is 4.74 Å². The number of ether oxygens (including phenoxy) is 1. The molecule has 13 nitrogen and oxygen atoms in total. The smallest absolute Gasteiger partial charge is 0.409 e. The Bertz CT molecular complexity index is 1280. The van der Waals surface area contributed by atoms with Gasteiger partial charge in [-0.1, -0.05) is 61.5 Å². The van der Waals surface area contributed by atoms with Crippen molar-refractivity contribution in [3.8, 4) is 0 Å². The van der Waals surface area contributed by atoms with Gasteiger partial charge in [-0.25, -0.2) is 9.59 Å². The predicted octanol–water partition coefficient (Wildman–Crippen LogP) is 2.21. The molecule has 2 aliphatic heterocycles. The van der Waals surface area contributed by atoms with Gasteiger partial charge in [-0.15, -0.1) is 6.58 Å². The van der Waals surface area contributed by atoms with Crippen LogP contribution in [0.1, 0.15) is 74.7 Å². The zero-order chi connectivity index (χ0) is 35.1. The summed E-state index contributed by atoms with van der Waals surface area (Å²) in [6.45, 7) is 20.7. The first-order chi connectivity index (χ1) is 21.8. The third-order valence-electron chi connectivity index (χ3n) is 10.3. The molecule has 0 bridgehead atoms. The molecular weight excluding hydrogens is 604 g/mol. The number of hydrogen-bond donors (Lipinski definition) is 4. The van der Waals surface area contributed by atoms with E-state index < -0.39 is 64.7 Å². The van der Waals surface area contributed by atoms with E-state index in [9.17, 15) is 28.8 Å². The average molecular weight is 659 g/mol. The molecule has 0 spiro atoms. The van der Waals surface area contributed by atoms with Crippen molar-refractivity contribution in [1.29, 1.82) is 0 Å². The van der Waals surface area contributed by atoms with Crippen molar-refractivity contribution in [3.05, 3.63) is 12.7 Å². The molecule has 4 rings (SSSR count). The first kappa shape index (κ1) is 36.2. The first-order valence-corrected chi connectivity index (χ1v) is 16.8. The van der Waals surface area contributed by atoms with E-state index in [0.717, 1.165) is 12.8 Å². The second-order valence-corrected chi connectivity index (χ2v) is 16.3. The number of likely N-dealkylation sites (tertiary alicyclic amines) is 1. The quantitative estimate of drug-likeness (QED) is 0.184. The first-order valence-electron chi connectivity index (χ1n) is 16.8. The van der Waals surface area contributed by atoms with Gasteiger partial charge in [0.1, 0.15) is 18.1 Å². The highest BCUT2D eigenvalue weighted by atomic mass is 16.6. The van der Waals surface area contributed by atoms with E-state index in [-0.39, 0.29) is 42.2 Å². The number of Topliss-reactive ketones (excluding diaryl/α,β-unsaturated/α-hetero) is 1. The minimum Gasteiger partial charge on any atom is -0.449 e. The van der Waals surface area contributed by atoms with E-state index in [1.807, 2.05) is 41.5 Å². The van der Waals surface area contributed by atoms with Crippen molar-refractivity contribution < 1.29 is 33.5 Å². The number of amides is 6. The normalized spacial score (nSPS) is 25.4. The molecule has 6 amide bonds. The molecule has 0 aromatic heterocycles. The number of cyclic esters (lactones) is 1. The second kappa shape index (κ2) is 13.5. The molecule has 2 heterocycles. The lowest BCUT2D eigenvalue weighted by molar-refractivity contribution is -0.145. The fourth-order valence-corrected chi connectivity index (χ4v) is 6.94. The lowest BCUT2D eigenvalue weighted by Gasteiger charge is -2.39. The Labute approximate surface area is 278 Å². The summed E-state index contributed by atoms with van der Waals surface area (Å²) in [5, 5.41) is 11.2. The largest absolute Gasteiger partial charge is 0.449 e. The second-order valence-electron chi connectivity index (χ2n) is 16.3. The minimum absolute atomic E-state index is 0.0807. The summed E-state index contributed by atoms with van der Waals surface area (Å²) in [5.41, 5.74) is -1.32. The zero-order valence-corrected chi connectivity index (χ0v) is 29.2. The Kier molecular flexibility index (Phi) is 10.4. The van der Waals surface area contributed by atoms with Gasteiger partial charge in [0.15, 0.2) is 0 Å². The summed E-state index contributed by atoms with van der Waals surface area (Å²) in [6, 6.07) is -3.80. The highest BCUT2D eigenvalue weighted by Crippen LogP contribution is 2.65. The van der Waals surface area contributed by atoms with Gasteiger partial charge in [0.05, 0.1) is 12.6 Å². The highest BCUT2D eigenvalue weighted by Gasteiger charge is 2.70. The van der Waals surface area contributed by atoms with E-state index in [0.29, 0.717) is 26.1 Å². The van der Waals surface area contributed by atoms with E-state index in [1.54, 1.807) is 9.80 Å². The molecule has 13 heteroatoms. The van der Waals surface area contributed by atoms with Crippen LogP contribution in [0.25, 0.3) is 0 Å². The maximum atomic E-state index is 14.3. The molecule has 0 aromatic carbocycles. The number of carbonyl (C=O) groups excluding carboxylic acids is 6. The number of hydrogen-bond acceptors (Lipinski definition) is 7. The van der Waals surface area contributed by atoms with Crippen LogP contribution >= 0.6 is 0 Å². The third-order valence-corrected chi connectivity index (χ3v) is 10.3. The number of rotatable bonds is 12. The maximum absolute atomic E-state index is 14.3. The lowest BCUT2D eigenvalue weighted by Crippen LogP contribution is -2.63. The number of carbonyl (C=O) groups is 6. The predicted molar refractivity (Wildman–Crippen MR) is 175 cm³/mol. The Morgan fingerprint density at radius 1 is 1.02 bits per heavy atom. The monoisotopic (exact) mass is 658 g/mol. The van der Waals surface area contributed by atoms with E-state index in [2.05, 4.69) is 41.7 Å². The maximum Gasteiger partial charge on any atom is 0.409 e.